The highest BCUT2D eigenvalue weighted by Crippen LogP contribution is 2.32. The zero-order valence-corrected chi connectivity index (χ0v) is 25.4. The summed E-state index contributed by atoms with van der Waals surface area (Å²) in [6.45, 7) is 3.23. The Balaban J connectivity index is 1.20. The van der Waals surface area contributed by atoms with Crippen molar-refractivity contribution < 1.29 is 22.7 Å². The third-order valence-electron chi connectivity index (χ3n) is 7.36. The van der Waals surface area contributed by atoms with E-state index in [0.29, 0.717) is 61.5 Å². The molecule has 1 aliphatic heterocycles. The second-order valence-electron chi connectivity index (χ2n) is 10.6. The van der Waals surface area contributed by atoms with Crippen LogP contribution in [0.25, 0.3) is 0 Å². The van der Waals surface area contributed by atoms with Gasteiger partial charge < -0.3 is 19.4 Å². The number of benzene rings is 3. The maximum Gasteiger partial charge on any atom is 0.416 e. The summed E-state index contributed by atoms with van der Waals surface area (Å²) in [5, 5.41) is 0.609. The molecule has 0 spiro atoms. The predicted molar refractivity (Wildman–Crippen MR) is 167 cm³/mol. The maximum atomic E-state index is 13.2. The van der Waals surface area contributed by atoms with Crippen molar-refractivity contribution in [3.63, 3.8) is 0 Å². The molecule has 4 aromatic rings. The highest BCUT2D eigenvalue weighted by molar-refractivity contribution is 7.98. The second-order valence-corrected chi connectivity index (χ2v) is 11.5. The van der Waals surface area contributed by atoms with Gasteiger partial charge in [-0.3, -0.25) is 4.79 Å². The first-order valence-corrected chi connectivity index (χ1v) is 15.2. The molecule has 2 heterocycles. The van der Waals surface area contributed by atoms with Gasteiger partial charge in [0.15, 0.2) is 5.16 Å². The van der Waals surface area contributed by atoms with E-state index in [4.69, 9.17) is 9.72 Å². The number of nitrogens with zero attached hydrogens (tertiary/aromatic N) is 5. The predicted octanol–water partition coefficient (Wildman–Crippen LogP) is 6.53. The molecule has 0 aliphatic carbocycles. The molecule has 1 amide bonds. The van der Waals surface area contributed by atoms with Gasteiger partial charge in [-0.2, -0.15) is 13.2 Å². The van der Waals surface area contributed by atoms with Crippen molar-refractivity contribution in [1.82, 2.24) is 14.9 Å². The number of carbonyl (C=O) groups excluding carboxylic acids is 1. The summed E-state index contributed by atoms with van der Waals surface area (Å²) in [6, 6.07) is 24.8. The van der Waals surface area contributed by atoms with Crippen LogP contribution in [0.3, 0.4) is 0 Å². The summed E-state index contributed by atoms with van der Waals surface area (Å²) in [5.74, 6) is 1.34. The Labute approximate surface area is 259 Å². The van der Waals surface area contributed by atoms with Crippen molar-refractivity contribution in [3.05, 3.63) is 113 Å². The molecule has 0 saturated carbocycles. The van der Waals surface area contributed by atoms with Gasteiger partial charge in [-0.15, -0.1) is 0 Å². The molecule has 230 valence electrons. The monoisotopic (exact) mass is 621 g/mol. The summed E-state index contributed by atoms with van der Waals surface area (Å²) in [5.41, 5.74) is 3.41. The third-order valence-corrected chi connectivity index (χ3v) is 8.28. The van der Waals surface area contributed by atoms with Crippen molar-refractivity contribution in [2.75, 3.05) is 50.1 Å². The average Bonchev–Trinajstić information content (AvgIpc) is 3.04. The lowest BCUT2D eigenvalue weighted by Crippen LogP contribution is -2.47. The Hall–Kier alpha value is -4.09. The van der Waals surface area contributed by atoms with Crippen LogP contribution in [0.2, 0.25) is 0 Å². The molecule has 1 saturated heterocycles. The Kier molecular flexibility index (Phi) is 10.1. The summed E-state index contributed by atoms with van der Waals surface area (Å²) in [6.07, 6.45) is -4.37. The van der Waals surface area contributed by atoms with E-state index < -0.39 is 11.7 Å². The fourth-order valence-corrected chi connectivity index (χ4v) is 5.85. The van der Waals surface area contributed by atoms with Crippen molar-refractivity contribution in [2.45, 2.75) is 30.2 Å². The van der Waals surface area contributed by atoms with E-state index in [1.807, 2.05) is 65.6 Å². The van der Waals surface area contributed by atoms with E-state index in [1.165, 1.54) is 23.9 Å². The van der Waals surface area contributed by atoms with Crippen LogP contribution in [0.1, 0.15) is 32.7 Å². The number of carbonyl (C=O) groups is 1. The molecule has 11 heteroatoms. The summed E-state index contributed by atoms with van der Waals surface area (Å²) in [7, 11) is 3.41. The van der Waals surface area contributed by atoms with Gasteiger partial charge in [0.05, 0.1) is 17.9 Å². The van der Waals surface area contributed by atoms with Crippen LogP contribution < -0.4 is 9.80 Å². The Bertz CT molecular complexity index is 1550. The average molecular weight is 622 g/mol. The number of amides is 1. The molecule has 7 nitrogen and oxygen atoms in total. The molecular weight excluding hydrogens is 587 g/mol. The Morgan fingerprint density at radius 1 is 0.886 bits per heavy atom. The molecule has 5 rings (SSSR count). The minimum Gasteiger partial charge on any atom is -0.378 e. The number of ether oxygens (including phenoxy) is 1. The molecule has 0 bridgehead atoms. The molecule has 1 aliphatic rings. The van der Waals surface area contributed by atoms with Crippen LogP contribution in [0.4, 0.5) is 24.7 Å². The maximum absolute atomic E-state index is 13.2. The summed E-state index contributed by atoms with van der Waals surface area (Å²) >= 11 is 1.50. The minimum absolute atomic E-state index is 0.0403. The first kappa shape index (κ1) is 31.3. The quantitative estimate of drug-likeness (QED) is 0.147. The molecule has 0 unspecified atom stereocenters. The van der Waals surface area contributed by atoms with E-state index in [-0.39, 0.29) is 5.91 Å². The fraction of sp³-hybridized carbons (Fsp3) is 0.303. The van der Waals surface area contributed by atoms with E-state index in [1.54, 1.807) is 25.1 Å². The van der Waals surface area contributed by atoms with E-state index in [2.05, 4.69) is 9.88 Å². The van der Waals surface area contributed by atoms with Gasteiger partial charge in [-0.25, -0.2) is 9.97 Å². The number of thioether (sulfide) groups is 1. The molecule has 0 atom stereocenters. The number of hydrogen-bond donors (Lipinski definition) is 0. The minimum atomic E-state index is -4.37. The number of piperazine rings is 1. The molecule has 1 fully saturated rings. The number of alkyl halides is 3. The van der Waals surface area contributed by atoms with Gasteiger partial charge in [0.1, 0.15) is 5.82 Å². The highest BCUT2D eigenvalue weighted by Gasteiger charge is 2.31. The first-order valence-electron chi connectivity index (χ1n) is 14.2. The number of methoxy groups -OCH3 is 1. The third kappa shape index (κ3) is 8.09. The Morgan fingerprint density at radius 3 is 2.27 bits per heavy atom. The van der Waals surface area contributed by atoms with Crippen molar-refractivity contribution >= 4 is 29.2 Å². The first-order chi connectivity index (χ1) is 21.2. The fourth-order valence-electron chi connectivity index (χ4n) is 5.02. The van der Waals surface area contributed by atoms with Gasteiger partial charge in [-0.1, -0.05) is 60.3 Å². The number of rotatable bonds is 10. The van der Waals surface area contributed by atoms with Crippen molar-refractivity contribution in [3.8, 4) is 0 Å². The van der Waals surface area contributed by atoms with E-state index in [0.717, 1.165) is 28.7 Å². The van der Waals surface area contributed by atoms with Gasteiger partial charge in [0.2, 0.25) is 0 Å². The van der Waals surface area contributed by atoms with Crippen molar-refractivity contribution in [1.29, 1.82) is 0 Å². The Morgan fingerprint density at radius 2 is 1.59 bits per heavy atom. The van der Waals surface area contributed by atoms with Crippen LogP contribution in [0.15, 0.2) is 90.1 Å². The topological polar surface area (TPSA) is 61.8 Å². The number of aromatic nitrogens is 2. The van der Waals surface area contributed by atoms with Gasteiger partial charge in [0, 0.05) is 70.0 Å². The lowest BCUT2D eigenvalue weighted by atomic mass is 10.1. The lowest BCUT2D eigenvalue weighted by molar-refractivity contribution is -0.137. The van der Waals surface area contributed by atoms with Crippen LogP contribution in [-0.2, 0) is 29.8 Å². The zero-order chi connectivity index (χ0) is 31.1. The number of halogens is 3. The molecular formula is C33H34F3N5O2S. The van der Waals surface area contributed by atoms with E-state index >= 15 is 0 Å². The molecule has 1 aromatic heterocycles. The SMILES string of the molecule is COCc1cc(N2CCN(c3cccc(C(F)(F)F)c3)CC2)nc(SCc2ccc(C(=O)N(C)Cc3ccccc3)cc2)n1. The molecule has 0 N–H and O–H groups in total. The summed E-state index contributed by atoms with van der Waals surface area (Å²) < 4.78 is 45.0. The largest absolute Gasteiger partial charge is 0.416 e. The normalized spacial score (nSPS) is 13.7. The molecule has 3 aromatic carbocycles. The second kappa shape index (κ2) is 14.1. The van der Waals surface area contributed by atoms with Gasteiger partial charge >= 0.3 is 6.18 Å². The standard InChI is InChI=1S/C33H34F3N5O2S/c1-39(21-24-7-4-3-5-8-24)31(42)26-13-11-25(12-14-26)23-44-32-37-28(22-43-2)20-30(38-32)41-17-15-40(16-18-41)29-10-6-9-27(19-29)33(34,35)36/h3-14,19-20H,15-18,21-23H2,1-2H3. The van der Waals surface area contributed by atoms with Crippen LogP contribution in [0, 0.1) is 0 Å². The number of hydrogen-bond acceptors (Lipinski definition) is 7. The lowest BCUT2D eigenvalue weighted by Gasteiger charge is -2.37. The smallest absolute Gasteiger partial charge is 0.378 e. The van der Waals surface area contributed by atoms with Crippen LogP contribution in [-0.4, -0.2) is 61.1 Å². The molecule has 0 radical (unpaired) electrons. The van der Waals surface area contributed by atoms with Gasteiger partial charge in [0.25, 0.3) is 5.91 Å². The van der Waals surface area contributed by atoms with Crippen LogP contribution >= 0.6 is 11.8 Å². The molecule has 44 heavy (non-hydrogen) atoms. The number of anilines is 2. The van der Waals surface area contributed by atoms with Crippen molar-refractivity contribution in [2.24, 2.45) is 0 Å². The van der Waals surface area contributed by atoms with E-state index in [9.17, 15) is 18.0 Å². The highest BCUT2D eigenvalue weighted by atomic mass is 32.2. The summed E-state index contributed by atoms with van der Waals surface area (Å²) in [4.78, 5) is 28.2. The van der Waals surface area contributed by atoms with Crippen LogP contribution in [0.5, 0.6) is 0 Å². The zero-order valence-electron chi connectivity index (χ0n) is 24.6. The van der Waals surface area contributed by atoms with Gasteiger partial charge in [-0.05, 0) is 41.5 Å².